The Balaban J connectivity index is 1.78. The Morgan fingerprint density at radius 2 is 2.04 bits per heavy atom. The molecule has 148 valence electrons. The number of esters is 1. The van der Waals surface area contributed by atoms with Gasteiger partial charge in [0.1, 0.15) is 0 Å². The monoisotopic (exact) mass is 386 g/mol. The van der Waals surface area contributed by atoms with Crippen LogP contribution in [0.3, 0.4) is 0 Å². The molecule has 1 aromatic heterocycles. The van der Waals surface area contributed by atoms with Gasteiger partial charge < -0.3 is 9.64 Å². The van der Waals surface area contributed by atoms with Gasteiger partial charge in [-0.1, -0.05) is 0 Å². The van der Waals surface area contributed by atoms with Gasteiger partial charge in [0.05, 0.1) is 40.6 Å². The van der Waals surface area contributed by atoms with Crippen LogP contribution in [-0.2, 0) is 9.53 Å². The highest BCUT2D eigenvalue weighted by Gasteiger charge is 2.31. The van der Waals surface area contributed by atoms with Crippen molar-refractivity contribution in [3.05, 3.63) is 51.8 Å². The van der Waals surface area contributed by atoms with Crippen LogP contribution in [0, 0.1) is 23.0 Å². The van der Waals surface area contributed by atoms with Crippen molar-refractivity contribution in [2.45, 2.75) is 26.7 Å². The number of non-ortho nitro benzene ring substituents is 1. The van der Waals surface area contributed by atoms with Gasteiger partial charge >= 0.3 is 5.97 Å². The Morgan fingerprint density at radius 1 is 1.32 bits per heavy atom. The largest absolute Gasteiger partial charge is 0.466 e. The number of carbonyl (C=O) groups excluding carboxylic acids is 2. The lowest BCUT2D eigenvalue weighted by molar-refractivity contribution is -0.384. The highest BCUT2D eigenvalue weighted by atomic mass is 16.6. The fourth-order valence-corrected chi connectivity index (χ4v) is 3.38. The van der Waals surface area contributed by atoms with Gasteiger partial charge in [-0.2, -0.15) is 5.10 Å². The van der Waals surface area contributed by atoms with Crippen molar-refractivity contribution in [2.75, 3.05) is 19.7 Å². The van der Waals surface area contributed by atoms with Crippen molar-refractivity contribution in [2.24, 2.45) is 5.92 Å². The molecule has 28 heavy (non-hydrogen) atoms. The first-order chi connectivity index (χ1) is 13.4. The maximum atomic E-state index is 13.0. The van der Waals surface area contributed by atoms with Crippen LogP contribution in [0.4, 0.5) is 5.69 Å². The molecule has 9 heteroatoms. The van der Waals surface area contributed by atoms with E-state index >= 15 is 0 Å². The second kappa shape index (κ2) is 8.20. The van der Waals surface area contributed by atoms with Gasteiger partial charge in [-0.25, -0.2) is 4.68 Å². The Labute approximate surface area is 162 Å². The predicted octanol–water partition coefficient (Wildman–Crippen LogP) is 2.50. The topological polar surface area (TPSA) is 108 Å². The summed E-state index contributed by atoms with van der Waals surface area (Å²) in [4.78, 5) is 37.0. The molecular weight excluding hydrogens is 364 g/mol. The van der Waals surface area contributed by atoms with E-state index in [1.54, 1.807) is 35.6 Å². The summed E-state index contributed by atoms with van der Waals surface area (Å²) in [6.45, 7) is 4.77. The van der Waals surface area contributed by atoms with Gasteiger partial charge in [0, 0.05) is 25.2 Å². The van der Waals surface area contributed by atoms with Crippen LogP contribution in [0.15, 0.2) is 30.5 Å². The van der Waals surface area contributed by atoms with Crippen LogP contribution < -0.4 is 0 Å². The molecule has 2 heterocycles. The second-order valence-corrected chi connectivity index (χ2v) is 6.67. The number of rotatable bonds is 5. The number of nitrogens with zero attached hydrogens (tertiary/aromatic N) is 4. The number of nitro benzene ring substituents is 1. The number of hydrogen-bond donors (Lipinski definition) is 0. The Hall–Kier alpha value is -3.23. The van der Waals surface area contributed by atoms with E-state index in [2.05, 4.69) is 5.10 Å². The third kappa shape index (κ3) is 3.88. The zero-order valence-corrected chi connectivity index (χ0v) is 15.8. The van der Waals surface area contributed by atoms with Gasteiger partial charge in [0.15, 0.2) is 0 Å². The standard InChI is InChI=1S/C19H22N4O5/c1-3-28-19(25)14-5-4-10-21(12-14)18(24)17-11-20-22(13(17)2)15-6-8-16(9-7-15)23(26)27/h6-9,11,14H,3-5,10,12H2,1-2H3. The number of carbonyl (C=O) groups is 2. The van der Waals surface area contributed by atoms with Gasteiger partial charge in [0.2, 0.25) is 0 Å². The number of hydrogen-bond acceptors (Lipinski definition) is 6. The summed E-state index contributed by atoms with van der Waals surface area (Å²) in [6.07, 6.45) is 2.95. The summed E-state index contributed by atoms with van der Waals surface area (Å²) in [5.74, 6) is -0.749. The van der Waals surface area contributed by atoms with E-state index in [4.69, 9.17) is 4.74 Å². The number of nitro groups is 1. The van der Waals surface area contributed by atoms with Crippen molar-refractivity contribution in [1.29, 1.82) is 0 Å². The Morgan fingerprint density at radius 3 is 2.68 bits per heavy atom. The fourth-order valence-electron chi connectivity index (χ4n) is 3.38. The quantitative estimate of drug-likeness (QED) is 0.444. The summed E-state index contributed by atoms with van der Waals surface area (Å²) in [6, 6.07) is 5.97. The van der Waals surface area contributed by atoms with Gasteiger partial charge in [-0.15, -0.1) is 0 Å². The van der Waals surface area contributed by atoms with Crippen LogP contribution >= 0.6 is 0 Å². The van der Waals surface area contributed by atoms with E-state index in [-0.39, 0.29) is 23.5 Å². The average molecular weight is 386 g/mol. The molecule has 9 nitrogen and oxygen atoms in total. The molecule has 2 aromatic rings. The molecule has 1 aliphatic rings. The first-order valence-electron chi connectivity index (χ1n) is 9.17. The summed E-state index contributed by atoms with van der Waals surface area (Å²) >= 11 is 0. The first kappa shape index (κ1) is 19.5. The van der Waals surface area contributed by atoms with Crippen LogP contribution in [0.2, 0.25) is 0 Å². The Kier molecular flexibility index (Phi) is 5.72. The lowest BCUT2D eigenvalue weighted by Gasteiger charge is -2.31. The normalized spacial score (nSPS) is 16.6. The van der Waals surface area contributed by atoms with Crippen LogP contribution in [0.25, 0.3) is 5.69 Å². The molecule has 0 saturated carbocycles. The molecule has 1 amide bonds. The van der Waals surface area contributed by atoms with E-state index in [1.807, 2.05) is 0 Å². The predicted molar refractivity (Wildman–Crippen MR) is 100 cm³/mol. The van der Waals surface area contributed by atoms with Crippen molar-refractivity contribution < 1.29 is 19.2 Å². The summed E-state index contributed by atoms with van der Waals surface area (Å²) in [5.41, 5.74) is 1.70. The zero-order valence-electron chi connectivity index (χ0n) is 15.8. The minimum atomic E-state index is -0.467. The molecule has 3 rings (SSSR count). The van der Waals surface area contributed by atoms with Crippen LogP contribution in [-0.4, -0.2) is 51.2 Å². The van der Waals surface area contributed by atoms with Crippen molar-refractivity contribution in [3.8, 4) is 5.69 Å². The van der Waals surface area contributed by atoms with Crippen LogP contribution in [0.5, 0.6) is 0 Å². The summed E-state index contributed by atoms with van der Waals surface area (Å²) < 4.78 is 6.66. The van der Waals surface area contributed by atoms with Gasteiger partial charge in [-0.05, 0) is 38.8 Å². The second-order valence-electron chi connectivity index (χ2n) is 6.67. The van der Waals surface area contributed by atoms with E-state index < -0.39 is 4.92 Å². The Bertz CT molecular complexity index is 890. The molecule has 0 radical (unpaired) electrons. The van der Waals surface area contributed by atoms with E-state index in [1.165, 1.54) is 18.3 Å². The minimum absolute atomic E-state index is 0.0109. The maximum Gasteiger partial charge on any atom is 0.310 e. The third-order valence-corrected chi connectivity index (χ3v) is 4.87. The highest BCUT2D eigenvalue weighted by molar-refractivity contribution is 5.95. The number of amides is 1. The molecule has 0 spiro atoms. The molecular formula is C19H22N4O5. The number of likely N-dealkylation sites (tertiary alicyclic amines) is 1. The maximum absolute atomic E-state index is 13.0. The third-order valence-electron chi connectivity index (χ3n) is 4.87. The summed E-state index contributed by atoms with van der Waals surface area (Å²) in [5, 5.41) is 15.1. The van der Waals surface area contributed by atoms with E-state index in [0.29, 0.717) is 43.1 Å². The van der Waals surface area contributed by atoms with Gasteiger partial charge in [0.25, 0.3) is 11.6 Å². The molecule has 0 aliphatic carbocycles. The van der Waals surface area contributed by atoms with E-state index in [9.17, 15) is 19.7 Å². The molecule has 1 aromatic carbocycles. The fraction of sp³-hybridized carbons (Fsp3) is 0.421. The molecule has 1 unspecified atom stereocenters. The van der Waals surface area contributed by atoms with Crippen molar-refractivity contribution in [1.82, 2.24) is 14.7 Å². The van der Waals surface area contributed by atoms with Crippen LogP contribution in [0.1, 0.15) is 35.8 Å². The minimum Gasteiger partial charge on any atom is -0.466 e. The SMILES string of the molecule is CCOC(=O)C1CCCN(C(=O)c2cnn(-c3ccc([N+](=O)[O-])cc3)c2C)C1. The number of ether oxygens (including phenoxy) is 1. The number of piperidine rings is 1. The van der Waals surface area contributed by atoms with E-state index in [0.717, 1.165) is 6.42 Å². The zero-order chi connectivity index (χ0) is 20.3. The lowest BCUT2D eigenvalue weighted by Crippen LogP contribution is -2.43. The molecule has 1 fully saturated rings. The van der Waals surface area contributed by atoms with Crippen molar-refractivity contribution in [3.63, 3.8) is 0 Å². The number of aromatic nitrogens is 2. The first-order valence-corrected chi connectivity index (χ1v) is 9.17. The smallest absolute Gasteiger partial charge is 0.310 e. The molecule has 1 aliphatic heterocycles. The molecule has 1 atom stereocenters. The molecule has 0 N–H and O–H groups in total. The summed E-state index contributed by atoms with van der Waals surface area (Å²) in [7, 11) is 0. The number of benzene rings is 1. The van der Waals surface area contributed by atoms with Crippen molar-refractivity contribution >= 4 is 17.6 Å². The average Bonchev–Trinajstić information content (AvgIpc) is 3.09. The lowest BCUT2D eigenvalue weighted by atomic mass is 9.97. The van der Waals surface area contributed by atoms with Gasteiger partial charge in [-0.3, -0.25) is 19.7 Å². The molecule has 1 saturated heterocycles. The molecule has 0 bridgehead atoms. The highest BCUT2D eigenvalue weighted by Crippen LogP contribution is 2.23.